The highest BCUT2D eigenvalue weighted by atomic mass is 19.2. The molecule has 0 spiro atoms. The van der Waals surface area contributed by atoms with Gasteiger partial charge in [-0.05, 0) is 55.5 Å². The van der Waals surface area contributed by atoms with Crippen LogP contribution in [0.25, 0.3) is 0 Å². The number of benzene rings is 3. The first-order valence-corrected chi connectivity index (χ1v) is 8.28. The van der Waals surface area contributed by atoms with Gasteiger partial charge in [-0.3, -0.25) is 9.59 Å². The predicted molar refractivity (Wildman–Crippen MR) is 100 cm³/mol. The van der Waals surface area contributed by atoms with Gasteiger partial charge in [-0.1, -0.05) is 12.1 Å². The van der Waals surface area contributed by atoms with E-state index in [1.165, 1.54) is 6.92 Å². The van der Waals surface area contributed by atoms with Crippen molar-refractivity contribution in [2.24, 2.45) is 0 Å². The van der Waals surface area contributed by atoms with Gasteiger partial charge < -0.3 is 10.6 Å². The summed E-state index contributed by atoms with van der Waals surface area (Å²) in [4.78, 5) is 23.5. The van der Waals surface area contributed by atoms with Crippen LogP contribution in [0.4, 0.5) is 30.2 Å². The van der Waals surface area contributed by atoms with Crippen LogP contribution in [0.2, 0.25) is 0 Å². The minimum atomic E-state index is -1.69. The van der Waals surface area contributed by atoms with Crippen molar-refractivity contribution < 1.29 is 22.8 Å². The third kappa shape index (κ3) is 4.20. The van der Waals surface area contributed by atoms with Gasteiger partial charge in [0.05, 0.1) is 5.56 Å². The van der Waals surface area contributed by atoms with Gasteiger partial charge in [0.25, 0.3) is 5.91 Å². The second-order valence-corrected chi connectivity index (χ2v) is 6.02. The van der Waals surface area contributed by atoms with Crippen LogP contribution in [-0.2, 0) is 0 Å². The number of nitrogens with one attached hydrogen (secondary N) is 2. The zero-order valence-corrected chi connectivity index (χ0v) is 14.7. The SMILES string of the molecule is CC(=O)c1cccc(Nc2ccc(NC(=O)c3ccc(F)c(F)c3F)cc2)c1. The summed E-state index contributed by atoms with van der Waals surface area (Å²) in [5.74, 6) is -5.54. The molecule has 142 valence electrons. The van der Waals surface area contributed by atoms with Gasteiger partial charge in [-0.2, -0.15) is 0 Å². The molecule has 0 aliphatic rings. The number of Topliss-reactive ketones (excluding diaryl/α,β-unsaturated/α-hetero) is 1. The number of anilines is 3. The fourth-order valence-electron chi connectivity index (χ4n) is 2.52. The molecule has 0 saturated carbocycles. The highest BCUT2D eigenvalue weighted by Crippen LogP contribution is 2.21. The van der Waals surface area contributed by atoms with Crippen LogP contribution in [0.5, 0.6) is 0 Å². The fraction of sp³-hybridized carbons (Fsp3) is 0.0476. The Hall–Kier alpha value is -3.61. The molecule has 0 aromatic heterocycles. The first-order chi connectivity index (χ1) is 13.3. The molecule has 0 saturated heterocycles. The lowest BCUT2D eigenvalue weighted by atomic mass is 10.1. The quantitative estimate of drug-likeness (QED) is 0.463. The zero-order chi connectivity index (χ0) is 20.3. The molecule has 0 aliphatic carbocycles. The van der Waals surface area contributed by atoms with E-state index in [1.54, 1.807) is 48.5 Å². The van der Waals surface area contributed by atoms with Crippen molar-refractivity contribution in [3.8, 4) is 0 Å². The van der Waals surface area contributed by atoms with Crippen molar-refractivity contribution in [3.63, 3.8) is 0 Å². The molecular formula is C21H15F3N2O2. The molecule has 0 fully saturated rings. The van der Waals surface area contributed by atoms with Crippen LogP contribution < -0.4 is 10.6 Å². The fourth-order valence-corrected chi connectivity index (χ4v) is 2.52. The van der Waals surface area contributed by atoms with Crippen molar-refractivity contribution >= 4 is 28.8 Å². The molecule has 28 heavy (non-hydrogen) atoms. The van der Waals surface area contributed by atoms with Gasteiger partial charge in [-0.15, -0.1) is 0 Å². The highest BCUT2D eigenvalue weighted by molar-refractivity contribution is 6.04. The van der Waals surface area contributed by atoms with E-state index < -0.39 is 28.9 Å². The van der Waals surface area contributed by atoms with E-state index in [-0.39, 0.29) is 5.78 Å². The average molecular weight is 384 g/mol. The maximum atomic E-state index is 13.7. The second-order valence-electron chi connectivity index (χ2n) is 6.02. The minimum absolute atomic E-state index is 0.0498. The second kappa shape index (κ2) is 7.96. The Labute approximate surface area is 159 Å². The Balaban J connectivity index is 1.71. The summed E-state index contributed by atoms with van der Waals surface area (Å²) in [7, 11) is 0. The van der Waals surface area contributed by atoms with E-state index in [0.29, 0.717) is 28.7 Å². The van der Waals surface area contributed by atoms with Crippen molar-refractivity contribution in [2.75, 3.05) is 10.6 Å². The van der Waals surface area contributed by atoms with Gasteiger partial charge in [0.1, 0.15) is 0 Å². The average Bonchev–Trinajstić information content (AvgIpc) is 2.68. The number of ketones is 1. The normalized spacial score (nSPS) is 10.4. The monoisotopic (exact) mass is 384 g/mol. The predicted octanol–water partition coefficient (Wildman–Crippen LogP) is 5.30. The third-order valence-corrected chi connectivity index (χ3v) is 3.98. The molecule has 3 rings (SSSR count). The largest absolute Gasteiger partial charge is 0.356 e. The summed E-state index contributed by atoms with van der Waals surface area (Å²) in [5.41, 5.74) is 1.73. The lowest BCUT2D eigenvalue weighted by molar-refractivity contribution is 0.101. The topological polar surface area (TPSA) is 58.2 Å². The number of halogens is 3. The summed E-state index contributed by atoms with van der Waals surface area (Å²) in [6.45, 7) is 1.48. The number of rotatable bonds is 5. The van der Waals surface area contributed by atoms with Crippen LogP contribution in [0, 0.1) is 17.5 Å². The van der Waals surface area contributed by atoms with Crippen LogP contribution in [0.1, 0.15) is 27.6 Å². The molecule has 0 unspecified atom stereocenters. The minimum Gasteiger partial charge on any atom is -0.356 e. The first-order valence-electron chi connectivity index (χ1n) is 8.28. The smallest absolute Gasteiger partial charge is 0.258 e. The highest BCUT2D eigenvalue weighted by Gasteiger charge is 2.18. The Morgan fingerprint density at radius 2 is 1.46 bits per heavy atom. The van der Waals surface area contributed by atoms with E-state index in [1.807, 2.05) is 0 Å². The van der Waals surface area contributed by atoms with Crippen LogP contribution in [-0.4, -0.2) is 11.7 Å². The van der Waals surface area contributed by atoms with Crippen molar-refractivity contribution in [1.29, 1.82) is 0 Å². The summed E-state index contributed by atoms with van der Waals surface area (Å²) in [6.07, 6.45) is 0. The number of hydrogen-bond donors (Lipinski definition) is 2. The number of carbonyl (C=O) groups excluding carboxylic acids is 2. The Morgan fingerprint density at radius 1 is 0.786 bits per heavy atom. The van der Waals surface area contributed by atoms with E-state index in [0.717, 1.165) is 6.07 Å². The van der Waals surface area contributed by atoms with Gasteiger partial charge in [-0.25, -0.2) is 13.2 Å². The van der Waals surface area contributed by atoms with E-state index in [2.05, 4.69) is 10.6 Å². The van der Waals surface area contributed by atoms with Crippen molar-refractivity contribution in [1.82, 2.24) is 0 Å². The summed E-state index contributed by atoms with van der Waals surface area (Å²) in [6, 6.07) is 15.0. The lowest BCUT2D eigenvalue weighted by Crippen LogP contribution is -2.15. The maximum Gasteiger partial charge on any atom is 0.258 e. The van der Waals surface area contributed by atoms with Crippen LogP contribution >= 0.6 is 0 Å². The maximum absolute atomic E-state index is 13.7. The number of carbonyl (C=O) groups is 2. The van der Waals surface area contributed by atoms with E-state index in [4.69, 9.17) is 0 Å². The summed E-state index contributed by atoms with van der Waals surface area (Å²) >= 11 is 0. The molecule has 7 heteroatoms. The van der Waals surface area contributed by atoms with Crippen molar-refractivity contribution in [2.45, 2.75) is 6.92 Å². The summed E-state index contributed by atoms with van der Waals surface area (Å²) in [5, 5.41) is 5.54. The standard InChI is InChI=1S/C21H15F3N2O2/c1-12(27)13-3-2-4-16(11-13)25-14-5-7-15(8-6-14)26-21(28)17-9-10-18(22)20(24)19(17)23/h2-11,25H,1H3,(H,26,28). The molecule has 2 N–H and O–H groups in total. The van der Waals surface area contributed by atoms with E-state index >= 15 is 0 Å². The van der Waals surface area contributed by atoms with Crippen LogP contribution in [0.15, 0.2) is 60.7 Å². The Bertz CT molecular complexity index is 1050. The number of hydrogen-bond acceptors (Lipinski definition) is 3. The molecule has 0 bridgehead atoms. The van der Waals surface area contributed by atoms with Gasteiger partial charge in [0.15, 0.2) is 23.2 Å². The molecule has 0 radical (unpaired) electrons. The molecule has 0 atom stereocenters. The molecule has 3 aromatic carbocycles. The third-order valence-electron chi connectivity index (χ3n) is 3.98. The first kappa shape index (κ1) is 19.2. The van der Waals surface area contributed by atoms with E-state index in [9.17, 15) is 22.8 Å². The Morgan fingerprint density at radius 3 is 2.14 bits per heavy atom. The lowest BCUT2D eigenvalue weighted by Gasteiger charge is -2.10. The zero-order valence-electron chi connectivity index (χ0n) is 14.7. The summed E-state index contributed by atoms with van der Waals surface area (Å²) < 4.78 is 39.9. The molecule has 0 aliphatic heterocycles. The van der Waals surface area contributed by atoms with Gasteiger partial charge >= 0.3 is 0 Å². The van der Waals surface area contributed by atoms with Gasteiger partial charge in [0.2, 0.25) is 0 Å². The molecular weight excluding hydrogens is 369 g/mol. The Kier molecular flexibility index (Phi) is 5.44. The van der Waals surface area contributed by atoms with Crippen LogP contribution in [0.3, 0.4) is 0 Å². The molecule has 3 aromatic rings. The number of amides is 1. The van der Waals surface area contributed by atoms with Gasteiger partial charge in [0, 0.05) is 22.6 Å². The van der Waals surface area contributed by atoms with Crippen molar-refractivity contribution in [3.05, 3.63) is 89.2 Å². The molecule has 0 heterocycles. The molecule has 1 amide bonds. The molecule has 4 nitrogen and oxygen atoms in total.